The van der Waals surface area contributed by atoms with Crippen LogP contribution in [0.1, 0.15) is 18.1 Å². The highest BCUT2D eigenvalue weighted by atomic mass is 79.9. The van der Waals surface area contributed by atoms with Gasteiger partial charge in [-0.1, -0.05) is 29.8 Å². The summed E-state index contributed by atoms with van der Waals surface area (Å²) in [5.74, 6) is -0.147. The normalized spacial score (nSPS) is 14.5. The number of benzene rings is 3. The summed E-state index contributed by atoms with van der Waals surface area (Å²) in [5.41, 5.74) is 1.37. The molecule has 37 heavy (non-hydrogen) atoms. The number of imide groups is 2. The number of anilines is 1. The van der Waals surface area contributed by atoms with E-state index in [1.165, 1.54) is 13.2 Å². The molecule has 0 aliphatic carbocycles. The minimum Gasteiger partial charge on any atom is -0.497 e. The van der Waals surface area contributed by atoms with Gasteiger partial charge in [0, 0.05) is 10.6 Å². The first-order chi connectivity index (χ1) is 17.8. The number of nitrogens with zero attached hydrogens (tertiary/aromatic N) is 1. The van der Waals surface area contributed by atoms with Gasteiger partial charge in [0.25, 0.3) is 11.8 Å². The summed E-state index contributed by atoms with van der Waals surface area (Å²) >= 11 is 9.74. The monoisotopic (exact) mass is 584 g/mol. The van der Waals surface area contributed by atoms with Gasteiger partial charge in [-0.05, 0) is 77.0 Å². The van der Waals surface area contributed by atoms with Gasteiger partial charge < -0.3 is 14.2 Å². The summed E-state index contributed by atoms with van der Waals surface area (Å²) in [5, 5.41) is 2.79. The minimum atomic E-state index is -0.836. The summed E-state index contributed by atoms with van der Waals surface area (Å²) < 4.78 is 17.4. The molecule has 1 heterocycles. The number of nitrogens with one attached hydrogen (secondary N) is 1. The van der Waals surface area contributed by atoms with Crippen LogP contribution in [-0.4, -0.2) is 31.6 Å². The van der Waals surface area contributed by atoms with Gasteiger partial charge in [0.05, 0.1) is 23.9 Å². The molecule has 1 saturated heterocycles. The molecular weight excluding hydrogens is 564 g/mol. The number of carbonyl (C=O) groups is 3. The second kappa shape index (κ2) is 11.5. The minimum absolute atomic E-state index is 0.207. The van der Waals surface area contributed by atoms with Crippen LogP contribution in [0.15, 0.2) is 70.7 Å². The average Bonchev–Trinajstić information content (AvgIpc) is 2.87. The van der Waals surface area contributed by atoms with Crippen LogP contribution in [-0.2, 0) is 16.2 Å². The molecule has 0 aromatic heterocycles. The van der Waals surface area contributed by atoms with Crippen molar-refractivity contribution in [3.05, 3.63) is 86.9 Å². The van der Waals surface area contributed by atoms with Crippen molar-refractivity contribution in [2.24, 2.45) is 0 Å². The first kappa shape index (κ1) is 26.2. The van der Waals surface area contributed by atoms with E-state index in [4.69, 9.17) is 25.8 Å². The Morgan fingerprint density at radius 2 is 1.76 bits per heavy atom. The molecule has 1 N–H and O–H groups in total. The van der Waals surface area contributed by atoms with E-state index >= 15 is 0 Å². The quantitative estimate of drug-likeness (QED) is 0.267. The van der Waals surface area contributed by atoms with Crippen molar-refractivity contribution in [2.45, 2.75) is 13.5 Å². The Morgan fingerprint density at radius 3 is 2.43 bits per heavy atom. The van der Waals surface area contributed by atoms with E-state index in [9.17, 15) is 14.4 Å². The van der Waals surface area contributed by atoms with Gasteiger partial charge in [0.15, 0.2) is 11.5 Å². The Balaban J connectivity index is 1.65. The fourth-order valence-corrected chi connectivity index (χ4v) is 4.39. The molecule has 8 nitrogen and oxygen atoms in total. The van der Waals surface area contributed by atoms with Crippen LogP contribution in [0.2, 0.25) is 5.02 Å². The number of hydrogen-bond acceptors (Lipinski definition) is 6. The topological polar surface area (TPSA) is 94.2 Å². The predicted octanol–water partition coefficient (Wildman–Crippen LogP) is 5.76. The molecule has 3 aromatic carbocycles. The van der Waals surface area contributed by atoms with Crippen molar-refractivity contribution >= 4 is 57.1 Å². The van der Waals surface area contributed by atoms with E-state index in [0.717, 1.165) is 10.5 Å². The standard InChI is InChI=1S/C27H22BrClN2O6/c1-3-36-23-14-16(13-21(28)24(23)37-15-17-6-4-5-7-22(17)29)12-20-25(32)30-27(34)31(26(20)33)18-8-10-19(35-2)11-9-18/h4-14H,3,15H2,1-2H3,(H,30,32,34)/b20-12+. The fourth-order valence-electron chi connectivity index (χ4n) is 3.63. The van der Waals surface area contributed by atoms with Crippen LogP contribution < -0.4 is 24.4 Å². The predicted molar refractivity (Wildman–Crippen MR) is 143 cm³/mol. The molecule has 1 aliphatic rings. The number of carbonyl (C=O) groups excluding carboxylic acids is 3. The summed E-state index contributed by atoms with van der Waals surface area (Å²) in [6, 6.07) is 16.2. The van der Waals surface area contributed by atoms with Gasteiger partial charge in [-0.15, -0.1) is 0 Å². The van der Waals surface area contributed by atoms with Crippen molar-refractivity contribution in [3.63, 3.8) is 0 Å². The van der Waals surface area contributed by atoms with Crippen LogP contribution in [0.3, 0.4) is 0 Å². The van der Waals surface area contributed by atoms with Crippen LogP contribution in [0.4, 0.5) is 10.5 Å². The molecule has 3 aromatic rings. The molecule has 0 saturated carbocycles. The Bertz CT molecular complexity index is 1390. The van der Waals surface area contributed by atoms with E-state index in [1.807, 2.05) is 25.1 Å². The van der Waals surface area contributed by atoms with Gasteiger partial charge in [-0.25, -0.2) is 9.69 Å². The Hall–Kier alpha value is -3.82. The third kappa shape index (κ3) is 5.79. The molecule has 4 rings (SSSR count). The number of ether oxygens (including phenoxy) is 3. The summed E-state index contributed by atoms with van der Waals surface area (Å²) in [7, 11) is 1.51. The van der Waals surface area contributed by atoms with Gasteiger partial charge in [-0.2, -0.15) is 0 Å². The molecule has 0 bridgehead atoms. The van der Waals surface area contributed by atoms with E-state index in [-0.39, 0.29) is 12.2 Å². The Labute approximate surface area is 226 Å². The lowest BCUT2D eigenvalue weighted by Crippen LogP contribution is -2.54. The van der Waals surface area contributed by atoms with Crippen LogP contribution >= 0.6 is 27.5 Å². The summed E-state index contributed by atoms with van der Waals surface area (Å²) in [6.07, 6.45) is 1.39. The molecule has 4 amide bonds. The molecular formula is C27H22BrClN2O6. The second-order valence-electron chi connectivity index (χ2n) is 7.80. The average molecular weight is 586 g/mol. The van der Waals surface area contributed by atoms with Crippen molar-refractivity contribution < 1.29 is 28.6 Å². The van der Waals surface area contributed by atoms with Gasteiger partial charge in [0.1, 0.15) is 17.9 Å². The number of urea groups is 1. The largest absolute Gasteiger partial charge is 0.497 e. The SMILES string of the molecule is CCOc1cc(/C=C2\C(=O)NC(=O)N(c3ccc(OC)cc3)C2=O)cc(Br)c1OCc1ccccc1Cl. The van der Waals surface area contributed by atoms with Crippen LogP contribution in [0, 0.1) is 0 Å². The summed E-state index contributed by atoms with van der Waals surface area (Å²) in [6.45, 7) is 2.39. The molecule has 1 aliphatic heterocycles. The zero-order valence-corrected chi connectivity index (χ0v) is 22.3. The highest BCUT2D eigenvalue weighted by molar-refractivity contribution is 9.10. The zero-order chi connectivity index (χ0) is 26.5. The van der Waals surface area contributed by atoms with Crippen LogP contribution in [0.25, 0.3) is 6.08 Å². The van der Waals surface area contributed by atoms with Crippen LogP contribution in [0.5, 0.6) is 17.2 Å². The number of hydrogen-bond donors (Lipinski definition) is 1. The molecule has 1 fully saturated rings. The zero-order valence-electron chi connectivity index (χ0n) is 19.9. The van der Waals surface area contributed by atoms with Gasteiger partial charge >= 0.3 is 6.03 Å². The smallest absolute Gasteiger partial charge is 0.335 e. The third-order valence-electron chi connectivity index (χ3n) is 5.40. The van der Waals surface area contributed by atoms with Gasteiger partial charge in [0.2, 0.25) is 0 Å². The van der Waals surface area contributed by atoms with Crippen molar-refractivity contribution in [1.82, 2.24) is 5.32 Å². The lowest BCUT2D eigenvalue weighted by atomic mass is 10.1. The Kier molecular flexibility index (Phi) is 8.15. The highest BCUT2D eigenvalue weighted by Crippen LogP contribution is 2.38. The van der Waals surface area contributed by atoms with E-state index in [2.05, 4.69) is 21.2 Å². The molecule has 0 unspecified atom stereocenters. The second-order valence-corrected chi connectivity index (χ2v) is 9.06. The number of barbiturate groups is 1. The number of rotatable bonds is 8. The number of methoxy groups -OCH3 is 1. The van der Waals surface area contributed by atoms with E-state index in [1.54, 1.807) is 42.5 Å². The molecule has 10 heteroatoms. The molecule has 0 spiro atoms. The third-order valence-corrected chi connectivity index (χ3v) is 6.36. The summed E-state index contributed by atoms with van der Waals surface area (Å²) in [4.78, 5) is 39.2. The number of amides is 4. The van der Waals surface area contributed by atoms with Crippen molar-refractivity contribution in [2.75, 3.05) is 18.6 Å². The number of halogens is 2. The molecule has 0 atom stereocenters. The maximum Gasteiger partial charge on any atom is 0.335 e. The highest BCUT2D eigenvalue weighted by Gasteiger charge is 2.37. The lowest BCUT2D eigenvalue weighted by Gasteiger charge is -2.26. The maximum absolute atomic E-state index is 13.2. The lowest BCUT2D eigenvalue weighted by molar-refractivity contribution is -0.122. The maximum atomic E-state index is 13.2. The van der Waals surface area contributed by atoms with Crippen molar-refractivity contribution in [3.8, 4) is 17.2 Å². The molecule has 190 valence electrons. The first-order valence-electron chi connectivity index (χ1n) is 11.2. The van der Waals surface area contributed by atoms with E-state index in [0.29, 0.717) is 44.6 Å². The van der Waals surface area contributed by atoms with Gasteiger partial charge in [-0.3, -0.25) is 14.9 Å². The molecule has 0 radical (unpaired) electrons. The first-order valence-corrected chi connectivity index (χ1v) is 12.4. The fraction of sp³-hybridized carbons (Fsp3) is 0.148. The van der Waals surface area contributed by atoms with E-state index < -0.39 is 17.8 Å². The van der Waals surface area contributed by atoms with Crippen molar-refractivity contribution in [1.29, 1.82) is 0 Å². The Morgan fingerprint density at radius 1 is 1.03 bits per heavy atom.